The van der Waals surface area contributed by atoms with Crippen molar-refractivity contribution >= 4 is 117 Å². The van der Waals surface area contributed by atoms with Crippen LogP contribution in [0.15, 0.2) is 218 Å². The number of carbonyl (C=O) groups is 8. The molecule has 4 amide bonds. The molecule has 0 saturated heterocycles. The molecule has 4 aliphatic heterocycles. The molecule has 3 aromatic heterocycles. The third-order valence-electron chi connectivity index (χ3n) is 19.8. The van der Waals surface area contributed by atoms with Crippen LogP contribution in [-0.2, 0) is 80.3 Å². The number of nitrogens with zero attached hydrogens (tertiary/aromatic N) is 4. The molecule has 4 aliphatic rings. The molecule has 0 radical (unpaired) electrons. The van der Waals surface area contributed by atoms with Gasteiger partial charge in [-0.2, -0.15) is 0 Å². The van der Waals surface area contributed by atoms with Crippen molar-refractivity contribution in [3.8, 4) is 44.5 Å². The second kappa shape index (κ2) is 31.8. The zero-order valence-corrected chi connectivity index (χ0v) is 61.7. The molecular weight excluding hydrogens is 1440 g/mol. The van der Waals surface area contributed by atoms with E-state index in [9.17, 15) is 19.2 Å². The van der Waals surface area contributed by atoms with Gasteiger partial charge in [0.1, 0.15) is 0 Å². The second-order valence-electron chi connectivity index (χ2n) is 26.9. The van der Waals surface area contributed by atoms with E-state index in [1.165, 1.54) is 0 Å². The largest absolute Gasteiger partial charge is 2.00 e. The predicted octanol–water partition coefficient (Wildman–Crippen LogP) is 16.0. The summed E-state index contributed by atoms with van der Waals surface area (Å²) in [7, 11) is 0. The van der Waals surface area contributed by atoms with E-state index in [1.54, 1.807) is 173 Å². The van der Waals surface area contributed by atoms with Crippen LogP contribution in [0.2, 0.25) is 0 Å². The number of hydrogen-bond acceptors (Lipinski definition) is 14. The van der Waals surface area contributed by atoms with E-state index in [1.807, 2.05) is 97.1 Å². The molecular formula is C90H72N8NiO12. The average Bonchev–Trinajstić information content (AvgIpc) is 1.63. The van der Waals surface area contributed by atoms with E-state index >= 15 is 19.2 Å². The van der Waals surface area contributed by atoms with Crippen molar-refractivity contribution < 1.29 is 73.8 Å². The van der Waals surface area contributed by atoms with Crippen LogP contribution in [0.25, 0.3) is 90.9 Å². The van der Waals surface area contributed by atoms with Crippen molar-refractivity contribution in [2.45, 2.75) is 53.4 Å². The molecule has 8 aromatic carbocycles. The summed E-state index contributed by atoms with van der Waals surface area (Å²) in [5, 5.41) is 12.8. The van der Waals surface area contributed by atoms with Crippen LogP contribution in [0.3, 0.4) is 0 Å². The Morgan fingerprint density at radius 2 is 0.550 bits per heavy atom. The summed E-state index contributed by atoms with van der Waals surface area (Å²) in [6.07, 6.45) is 6.44. The van der Waals surface area contributed by atoms with Gasteiger partial charge in [0.05, 0.1) is 49.2 Å². The van der Waals surface area contributed by atoms with Crippen molar-refractivity contribution in [1.29, 1.82) is 0 Å². The number of anilines is 4. The number of ether oxygens (including phenoxy) is 4. The number of esters is 4. The van der Waals surface area contributed by atoms with Crippen LogP contribution < -0.4 is 31.2 Å². The van der Waals surface area contributed by atoms with Crippen LogP contribution in [-0.4, -0.2) is 83.9 Å². The Labute approximate surface area is 648 Å². The molecule has 11 aromatic rings. The minimum atomic E-state index is -1.99. The predicted molar refractivity (Wildman–Crippen MR) is 422 cm³/mol. The molecule has 20 bridgehead atoms. The van der Waals surface area contributed by atoms with Crippen molar-refractivity contribution in [3.63, 3.8) is 0 Å². The maximum Gasteiger partial charge on any atom is 2.00 e. The number of aromatic nitrogens is 4. The van der Waals surface area contributed by atoms with Gasteiger partial charge in [-0.3, -0.25) is 38.4 Å². The van der Waals surface area contributed by atoms with Crippen molar-refractivity contribution in [2.24, 2.45) is 10.8 Å². The Hall–Kier alpha value is -13.4. The van der Waals surface area contributed by atoms with Gasteiger partial charge in [-0.15, -0.1) is 22.1 Å². The summed E-state index contributed by atoms with van der Waals surface area (Å²) < 4.78 is 22.9. The fraction of sp³-hybridized carbons (Fsp3) is 0.156. The van der Waals surface area contributed by atoms with Gasteiger partial charge in [-0.25, -0.2) is 9.97 Å². The van der Waals surface area contributed by atoms with Gasteiger partial charge < -0.3 is 50.2 Å². The quantitative estimate of drug-likeness (QED) is 0.0476. The Balaban J connectivity index is 0.0000103. The van der Waals surface area contributed by atoms with Crippen LogP contribution in [0.4, 0.5) is 22.7 Å². The first-order valence-electron chi connectivity index (χ1n) is 36.3. The molecule has 0 atom stereocenters. The summed E-state index contributed by atoms with van der Waals surface area (Å²) in [5.41, 5.74) is 7.09. The van der Waals surface area contributed by atoms with Crippen LogP contribution in [0.5, 0.6) is 0 Å². The SMILES string of the molecule is CCOC(=O)C1(C(=O)OCC)Cc2cccc(c2)C(=O)Nc2ccccc2-c2c3nc(c(c4ccc([n-]4)c4c5nc(c(c6ccc2[n-]6)-c2ccccc2NC(=O)c2cccc(c2)CC(C(=O)OCC)(C(=O)OCC)Cc2cccc(c2)C(=O)Nc2ccccc2-4)C=C5)-c2ccccc2NC(=O)c2cccc(c2)C1)C=C3.[Ni+2]. The van der Waals surface area contributed by atoms with Gasteiger partial charge in [0.25, 0.3) is 23.6 Å². The number of amides is 4. The molecule has 4 N–H and O–H groups in total. The Morgan fingerprint density at radius 3 is 0.775 bits per heavy atom. The number of hydrogen-bond donors (Lipinski definition) is 4. The second-order valence-corrected chi connectivity index (χ2v) is 26.9. The zero-order chi connectivity index (χ0) is 76.2. The van der Waals surface area contributed by atoms with Gasteiger partial charge in [-0.05, 0) is 195 Å². The first kappa shape index (κ1) is 74.5. The maximum absolute atomic E-state index is 15.2. The number of para-hydroxylation sites is 4. The maximum atomic E-state index is 15.2. The van der Waals surface area contributed by atoms with Gasteiger partial charge >= 0.3 is 40.4 Å². The average molecular weight is 1520 g/mol. The topological polar surface area (TPSA) is 276 Å². The first-order valence-corrected chi connectivity index (χ1v) is 36.3. The number of rotatable bonds is 8. The third-order valence-corrected chi connectivity index (χ3v) is 19.8. The normalized spacial score (nSPS) is 14.1. The summed E-state index contributed by atoms with van der Waals surface area (Å²) in [6, 6.07) is 63.0. The number of nitrogens with one attached hydrogen (secondary N) is 4. The number of fused-ring (bicyclic) bond motifs is 24. The minimum Gasteiger partial charge on any atom is -0.657 e. The van der Waals surface area contributed by atoms with Crippen molar-refractivity contribution in [2.75, 3.05) is 47.7 Å². The molecule has 0 aliphatic carbocycles. The molecule has 0 saturated carbocycles. The van der Waals surface area contributed by atoms with E-state index in [0.717, 1.165) is 0 Å². The third kappa shape index (κ3) is 14.7. The van der Waals surface area contributed by atoms with Gasteiger partial charge in [-0.1, -0.05) is 146 Å². The monoisotopic (exact) mass is 1510 g/mol. The fourth-order valence-corrected chi connectivity index (χ4v) is 14.8. The van der Waals surface area contributed by atoms with Gasteiger partial charge in [0.2, 0.25) is 0 Å². The Bertz CT molecular complexity index is 5170. The van der Waals surface area contributed by atoms with Crippen LogP contribution in [0, 0.1) is 10.8 Å². The molecule has 0 unspecified atom stereocenters. The smallest absolute Gasteiger partial charge is 0.657 e. The number of carbonyl (C=O) groups excluding carboxylic acids is 8. The van der Waals surface area contributed by atoms with Crippen molar-refractivity contribution in [1.82, 2.24) is 19.9 Å². The van der Waals surface area contributed by atoms with E-state index in [-0.39, 0.29) is 90.9 Å². The molecule has 15 rings (SSSR count). The zero-order valence-electron chi connectivity index (χ0n) is 60.8. The van der Waals surface area contributed by atoms with Crippen LogP contribution >= 0.6 is 0 Å². The van der Waals surface area contributed by atoms with E-state index < -0.39 is 58.3 Å². The molecule has 7 heterocycles. The van der Waals surface area contributed by atoms with E-state index in [4.69, 9.17) is 38.9 Å². The molecule has 0 spiro atoms. The van der Waals surface area contributed by atoms with E-state index in [2.05, 4.69) is 21.3 Å². The van der Waals surface area contributed by atoms with Crippen LogP contribution in [0.1, 0.15) is 114 Å². The minimum absolute atomic E-state index is 0. The molecule has 554 valence electrons. The Morgan fingerprint density at radius 1 is 0.324 bits per heavy atom. The molecule has 21 heteroatoms. The first-order chi connectivity index (χ1) is 53.5. The summed E-state index contributed by atoms with van der Waals surface area (Å²) in [4.78, 5) is 141. The summed E-state index contributed by atoms with van der Waals surface area (Å²) in [5.74, 6) is -5.51. The van der Waals surface area contributed by atoms with Crippen molar-refractivity contribution in [3.05, 3.63) is 286 Å². The molecule has 0 fully saturated rings. The summed E-state index contributed by atoms with van der Waals surface area (Å²) in [6.45, 7) is 6.34. The van der Waals surface area contributed by atoms with E-state index in [0.29, 0.717) is 134 Å². The standard InChI is InChI=1S/C90H74N8O12.Ni/c1-5-107-85(103)89(86(104)108-6-2)49-53-21-17-25-57(45-53)81(99)95-65-33-13-9-29-61(65)77-69-37-38-70(91-69)78(62-30-10-14-34-66(62)96-82(100)58-26-18-22-54(46-58)50-89)74-42-44-76(94-74)80-64-32-12-16-36-68(64)98-84(102)60-28-20-24-56(48-60)52-90(87(105)109-7-3,88(106)110-8-4)51-55-23-19-27-59(47-55)83(101)97-67-35-15-11-31-63(67)79(71-39-40-72(80)92-71)75-43-41-73(77)93-75;/h9-48H,5-8,49-52H2,1-4H3,(H6,91,92,93,94,95,96,97,98,99,100,101,102);/q;+2/p-2. The molecule has 20 nitrogen and oxygen atoms in total. The summed E-state index contributed by atoms with van der Waals surface area (Å²) >= 11 is 0. The number of benzene rings is 8. The fourth-order valence-electron chi connectivity index (χ4n) is 14.8. The van der Waals surface area contributed by atoms with Gasteiger partial charge in [0.15, 0.2) is 10.8 Å². The van der Waals surface area contributed by atoms with Gasteiger partial charge in [0, 0.05) is 67.3 Å². The Kier molecular flexibility index (Phi) is 21.3. The molecule has 111 heavy (non-hydrogen) atoms.